The molecule has 1 N–H and O–H groups in total. The van der Waals surface area contributed by atoms with Gasteiger partial charge in [0.25, 0.3) is 0 Å². The zero-order valence-electron chi connectivity index (χ0n) is 26.3. The first kappa shape index (κ1) is 34.5. The van der Waals surface area contributed by atoms with Crippen molar-refractivity contribution in [2.75, 3.05) is 31.1 Å². The van der Waals surface area contributed by atoms with Crippen molar-refractivity contribution >= 4 is 40.5 Å². The fourth-order valence-corrected chi connectivity index (χ4v) is 7.39. The van der Waals surface area contributed by atoms with E-state index in [2.05, 4.69) is 9.80 Å². The quantitative estimate of drug-likeness (QED) is 0.119. The number of Topliss-reactive ketones (excluding diaryl/α,β-unsaturated/α-hetero) is 1. The van der Waals surface area contributed by atoms with Crippen LogP contribution in [0.4, 0.5) is 18.9 Å². The molecule has 2 heterocycles. The summed E-state index contributed by atoms with van der Waals surface area (Å²) in [6.45, 7) is 8.90. The molecule has 0 spiro atoms. The monoisotopic (exact) mass is 683 g/mol. The van der Waals surface area contributed by atoms with Crippen LogP contribution < -0.4 is 9.64 Å². The first-order valence-electron chi connectivity index (χ1n) is 15.3. The van der Waals surface area contributed by atoms with E-state index in [1.54, 1.807) is 24.8 Å². The number of rotatable bonds is 12. The van der Waals surface area contributed by atoms with Gasteiger partial charge in [-0.05, 0) is 80.4 Å². The van der Waals surface area contributed by atoms with Crippen LogP contribution in [-0.2, 0) is 29.7 Å². The Labute approximate surface area is 280 Å². The zero-order valence-corrected chi connectivity index (χ0v) is 28.0. The number of thioether (sulfide) groups is 1. The van der Waals surface area contributed by atoms with E-state index < -0.39 is 23.8 Å². The molecule has 1 atom stereocenters. The number of carboxylic acids is 1. The maximum absolute atomic E-state index is 13.2. The highest BCUT2D eigenvalue weighted by atomic mass is 32.2. The number of aromatic nitrogens is 1. The summed E-state index contributed by atoms with van der Waals surface area (Å²) in [5, 5.41) is 9.91. The maximum Gasteiger partial charge on any atom is 0.416 e. The SMILES string of the molecule is CCc1cc(SCc2sc(-c3ccc(C(F)(F)F)cc3)nc2CN2CCN(c3ccc(C(C)=O)cc3)CC2)ccc1OC(C)C(=O)O. The number of aryl methyl sites for hydroxylation is 1. The second kappa shape index (κ2) is 14.9. The standard InChI is InChI=1S/C35H36F3N3O4S2/c1-4-24-19-29(13-14-31(24)45-23(3)34(43)44)46-21-32-30(39-33(47-32)26-5-9-27(10-6-26)35(36,37)38)20-40-15-17-41(18-16-40)28-11-7-25(8-12-28)22(2)42/h5-14,19,23H,4,15-18,20-21H2,1-3H3,(H,43,44). The fraction of sp³-hybridized carbons (Fsp3) is 0.343. The topological polar surface area (TPSA) is 83.0 Å². The lowest BCUT2D eigenvalue weighted by Gasteiger charge is -2.36. The second-order valence-corrected chi connectivity index (χ2v) is 13.5. The summed E-state index contributed by atoms with van der Waals surface area (Å²) in [6, 6.07) is 18.5. The fourth-order valence-electron chi connectivity index (χ4n) is 5.25. The number of anilines is 1. The summed E-state index contributed by atoms with van der Waals surface area (Å²) in [6.07, 6.45) is -4.70. The number of aliphatic carboxylic acids is 1. The number of benzene rings is 3. The van der Waals surface area contributed by atoms with Crippen LogP contribution in [0.5, 0.6) is 5.75 Å². The van der Waals surface area contributed by atoms with Crippen LogP contribution in [0.2, 0.25) is 0 Å². The molecule has 1 saturated heterocycles. The van der Waals surface area contributed by atoms with Crippen LogP contribution >= 0.6 is 23.1 Å². The predicted molar refractivity (Wildman–Crippen MR) is 180 cm³/mol. The Hall–Kier alpha value is -3.87. The molecule has 0 amide bonds. The summed E-state index contributed by atoms with van der Waals surface area (Å²) in [7, 11) is 0. The first-order chi connectivity index (χ1) is 22.4. The molecule has 248 valence electrons. The van der Waals surface area contributed by atoms with Crippen LogP contribution in [-0.4, -0.2) is 59.0 Å². The maximum atomic E-state index is 13.2. The molecule has 5 rings (SSSR count). The minimum absolute atomic E-state index is 0.0384. The molecule has 12 heteroatoms. The number of hydrogen-bond donors (Lipinski definition) is 1. The van der Waals surface area contributed by atoms with Gasteiger partial charge < -0.3 is 14.7 Å². The molecular formula is C35H36F3N3O4S2. The number of thiazole rings is 1. The largest absolute Gasteiger partial charge is 0.479 e. The second-order valence-electron chi connectivity index (χ2n) is 11.3. The summed E-state index contributed by atoms with van der Waals surface area (Å²) < 4.78 is 45.2. The van der Waals surface area contributed by atoms with Crippen molar-refractivity contribution in [2.45, 2.75) is 56.7 Å². The zero-order chi connectivity index (χ0) is 33.7. The molecular weight excluding hydrogens is 648 g/mol. The van der Waals surface area contributed by atoms with E-state index in [1.165, 1.54) is 30.4 Å². The highest BCUT2D eigenvalue weighted by Crippen LogP contribution is 2.37. The molecule has 0 aliphatic carbocycles. The molecule has 1 aliphatic rings. The van der Waals surface area contributed by atoms with Gasteiger partial charge in [-0.15, -0.1) is 23.1 Å². The van der Waals surface area contributed by atoms with Crippen LogP contribution in [0.15, 0.2) is 71.6 Å². The molecule has 1 unspecified atom stereocenters. The molecule has 0 bridgehead atoms. The highest BCUT2D eigenvalue weighted by Gasteiger charge is 2.30. The van der Waals surface area contributed by atoms with Crippen LogP contribution in [0.1, 0.15) is 52.8 Å². The Kier molecular flexibility index (Phi) is 10.9. The number of piperazine rings is 1. The molecule has 7 nitrogen and oxygen atoms in total. The summed E-state index contributed by atoms with van der Waals surface area (Å²) in [5.41, 5.74) is 3.52. The minimum atomic E-state index is -4.41. The van der Waals surface area contributed by atoms with Crippen LogP contribution in [0.25, 0.3) is 10.6 Å². The number of alkyl halides is 3. The average molecular weight is 684 g/mol. The number of halogens is 3. The van der Waals surface area contributed by atoms with Crippen molar-refractivity contribution in [3.05, 3.63) is 94.0 Å². The van der Waals surface area contributed by atoms with E-state index in [1.807, 2.05) is 43.3 Å². The lowest BCUT2D eigenvalue weighted by molar-refractivity contribution is -0.144. The number of ketones is 1. The molecule has 1 aromatic heterocycles. The van der Waals surface area contributed by atoms with E-state index in [4.69, 9.17) is 9.72 Å². The third kappa shape index (κ3) is 8.74. The number of nitrogens with zero attached hydrogens (tertiary/aromatic N) is 3. The predicted octanol–water partition coefficient (Wildman–Crippen LogP) is 8.06. The molecule has 47 heavy (non-hydrogen) atoms. The van der Waals surface area contributed by atoms with Crippen molar-refractivity contribution < 1.29 is 32.6 Å². The van der Waals surface area contributed by atoms with Gasteiger partial charge in [0.05, 0.1) is 11.3 Å². The van der Waals surface area contributed by atoms with Gasteiger partial charge in [-0.1, -0.05) is 19.1 Å². The van der Waals surface area contributed by atoms with Crippen molar-refractivity contribution in [1.82, 2.24) is 9.88 Å². The molecule has 0 saturated carbocycles. The van der Waals surface area contributed by atoms with Gasteiger partial charge >= 0.3 is 12.1 Å². The highest BCUT2D eigenvalue weighted by molar-refractivity contribution is 7.98. The lowest BCUT2D eigenvalue weighted by Crippen LogP contribution is -2.46. The van der Waals surface area contributed by atoms with Gasteiger partial charge in [-0.2, -0.15) is 13.2 Å². The Bertz CT molecular complexity index is 1700. The molecule has 1 fully saturated rings. The third-order valence-corrected chi connectivity index (χ3v) is 10.4. The van der Waals surface area contributed by atoms with E-state index in [0.29, 0.717) is 40.6 Å². The van der Waals surface area contributed by atoms with Crippen molar-refractivity contribution in [3.8, 4) is 16.3 Å². The number of carbonyl (C=O) groups is 2. The number of carbonyl (C=O) groups excluding carboxylic acids is 1. The molecule has 1 aliphatic heterocycles. The molecule has 0 radical (unpaired) electrons. The van der Waals surface area contributed by atoms with E-state index in [9.17, 15) is 27.9 Å². The third-order valence-electron chi connectivity index (χ3n) is 8.06. The Morgan fingerprint density at radius 1 is 1.02 bits per heavy atom. The van der Waals surface area contributed by atoms with E-state index in [-0.39, 0.29) is 5.78 Å². The van der Waals surface area contributed by atoms with E-state index >= 15 is 0 Å². The average Bonchev–Trinajstić information content (AvgIpc) is 3.46. The van der Waals surface area contributed by atoms with Crippen molar-refractivity contribution in [1.29, 1.82) is 0 Å². The molecule has 3 aromatic carbocycles. The van der Waals surface area contributed by atoms with Gasteiger partial charge in [-0.3, -0.25) is 9.69 Å². The number of ether oxygens (including phenoxy) is 1. The van der Waals surface area contributed by atoms with Crippen molar-refractivity contribution in [3.63, 3.8) is 0 Å². The summed E-state index contributed by atoms with van der Waals surface area (Å²) in [4.78, 5) is 34.6. The van der Waals surface area contributed by atoms with Crippen molar-refractivity contribution in [2.24, 2.45) is 0 Å². The van der Waals surface area contributed by atoms with Gasteiger partial charge in [-0.25, -0.2) is 9.78 Å². The van der Waals surface area contributed by atoms with Crippen LogP contribution in [0.3, 0.4) is 0 Å². The first-order valence-corrected chi connectivity index (χ1v) is 17.1. The van der Waals surface area contributed by atoms with Gasteiger partial charge in [0.15, 0.2) is 11.9 Å². The van der Waals surface area contributed by atoms with Crippen LogP contribution in [0, 0.1) is 0 Å². The summed E-state index contributed by atoms with van der Waals surface area (Å²) in [5.74, 6) is 0.169. The van der Waals surface area contributed by atoms with E-state index in [0.717, 1.165) is 65.0 Å². The van der Waals surface area contributed by atoms with Gasteiger partial charge in [0.2, 0.25) is 0 Å². The minimum Gasteiger partial charge on any atom is -0.479 e. The smallest absolute Gasteiger partial charge is 0.416 e. The Morgan fingerprint density at radius 2 is 1.70 bits per heavy atom. The van der Waals surface area contributed by atoms with Gasteiger partial charge in [0.1, 0.15) is 10.8 Å². The molecule has 4 aromatic rings. The Morgan fingerprint density at radius 3 is 2.30 bits per heavy atom. The van der Waals surface area contributed by atoms with Gasteiger partial charge in [0, 0.05) is 65.1 Å². The summed E-state index contributed by atoms with van der Waals surface area (Å²) >= 11 is 3.12. The number of carboxylic acid groups (broad SMARTS) is 1. The Balaban J connectivity index is 1.32. The lowest BCUT2D eigenvalue weighted by atomic mass is 10.1. The number of hydrogen-bond acceptors (Lipinski definition) is 8. The normalized spacial score (nSPS) is 14.6.